The van der Waals surface area contributed by atoms with Gasteiger partial charge in [0.25, 0.3) is 5.91 Å². The highest BCUT2D eigenvalue weighted by Gasteiger charge is 2.31. The zero-order valence-corrected chi connectivity index (χ0v) is 19.4. The van der Waals surface area contributed by atoms with Crippen LogP contribution >= 0.6 is 0 Å². The highest BCUT2D eigenvalue weighted by atomic mass is 16.4. The van der Waals surface area contributed by atoms with Crippen LogP contribution in [0.1, 0.15) is 41.6 Å². The van der Waals surface area contributed by atoms with Crippen molar-refractivity contribution in [3.05, 3.63) is 84.1 Å². The Morgan fingerprint density at radius 3 is 2.51 bits per heavy atom. The standard InChI is InChI=1S/C28H26N4O3/c1-2-32(28(34)35)24-13-11-20-14-21(16-30-26(20)25(24)18-8-9-18)27(33)31-23-15-19(10-12-22(23)29)17-6-4-3-5-7-17/h3-7,10-16,18H,2,8-9,29H2,1H3,(H,31,33)(H,34,35). The third-order valence-electron chi connectivity index (χ3n) is 6.36. The molecule has 1 aliphatic rings. The van der Waals surface area contributed by atoms with Crippen molar-refractivity contribution in [2.24, 2.45) is 0 Å². The number of carboxylic acid groups (broad SMARTS) is 1. The summed E-state index contributed by atoms with van der Waals surface area (Å²) < 4.78 is 0. The first-order valence-corrected chi connectivity index (χ1v) is 11.7. The van der Waals surface area contributed by atoms with E-state index < -0.39 is 6.09 Å². The summed E-state index contributed by atoms with van der Waals surface area (Å²) in [6.07, 6.45) is 2.57. The number of anilines is 3. The molecule has 5 rings (SSSR count). The molecular weight excluding hydrogens is 440 g/mol. The van der Waals surface area contributed by atoms with Crippen molar-refractivity contribution in [3.8, 4) is 11.1 Å². The Morgan fingerprint density at radius 1 is 1.06 bits per heavy atom. The average Bonchev–Trinajstić information content (AvgIpc) is 3.71. The average molecular weight is 467 g/mol. The van der Waals surface area contributed by atoms with Gasteiger partial charge in [0.1, 0.15) is 0 Å². The lowest BCUT2D eigenvalue weighted by atomic mass is 10.0. The molecule has 176 valence electrons. The van der Waals surface area contributed by atoms with Crippen molar-refractivity contribution in [1.82, 2.24) is 4.98 Å². The van der Waals surface area contributed by atoms with E-state index in [1.807, 2.05) is 61.5 Å². The van der Waals surface area contributed by atoms with E-state index in [1.54, 1.807) is 18.3 Å². The molecule has 0 spiro atoms. The molecule has 0 bridgehead atoms. The van der Waals surface area contributed by atoms with Crippen molar-refractivity contribution in [2.75, 3.05) is 22.5 Å². The molecule has 0 radical (unpaired) electrons. The van der Waals surface area contributed by atoms with Crippen molar-refractivity contribution in [1.29, 1.82) is 0 Å². The van der Waals surface area contributed by atoms with Crippen molar-refractivity contribution in [2.45, 2.75) is 25.7 Å². The van der Waals surface area contributed by atoms with Gasteiger partial charge in [-0.05, 0) is 61.1 Å². The topological polar surface area (TPSA) is 109 Å². The van der Waals surface area contributed by atoms with Gasteiger partial charge < -0.3 is 16.2 Å². The summed E-state index contributed by atoms with van der Waals surface area (Å²) in [6, 6.07) is 20.9. The highest BCUT2D eigenvalue weighted by molar-refractivity contribution is 6.08. The van der Waals surface area contributed by atoms with Gasteiger partial charge in [-0.3, -0.25) is 14.7 Å². The lowest BCUT2D eigenvalue weighted by Gasteiger charge is -2.22. The number of carbonyl (C=O) groups excluding carboxylic acids is 1. The summed E-state index contributed by atoms with van der Waals surface area (Å²) in [7, 11) is 0. The van der Waals surface area contributed by atoms with E-state index in [2.05, 4.69) is 10.3 Å². The number of nitrogens with one attached hydrogen (secondary N) is 1. The van der Waals surface area contributed by atoms with Crippen LogP contribution in [0.2, 0.25) is 0 Å². The fraction of sp³-hybridized carbons (Fsp3) is 0.179. The first-order valence-electron chi connectivity index (χ1n) is 11.7. The normalized spacial score (nSPS) is 12.9. The third kappa shape index (κ3) is 4.40. The first-order chi connectivity index (χ1) is 17.0. The largest absolute Gasteiger partial charge is 0.465 e. The molecule has 0 aliphatic heterocycles. The number of pyridine rings is 1. The molecule has 1 heterocycles. The molecule has 4 N–H and O–H groups in total. The van der Waals surface area contributed by atoms with Gasteiger partial charge in [-0.1, -0.05) is 42.5 Å². The van der Waals surface area contributed by atoms with Gasteiger partial charge in [0.15, 0.2) is 0 Å². The number of hydrogen-bond donors (Lipinski definition) is 3. The summed E-state index contributed by atoms with van der Waals surface area (Å²) in [5, 5.41) is 13.4. The maximum absolute atomic E-state index is 13.1. The predicted octanol–water partition coefficient (Wildman–Crippen LogP) is 6.12. The second kappa shape index (κ2) is 9.10. The summed E-state index contributed by atoms with van der Waals surface area (Å²) in [5.74, 6) is -0.0242. The van der Waals surface area contributed by atoms with Gasteiger partial charge >= 0.3 is 6.09 Å². The summed E-state index contributed by atoms with van der Waals surface area (Å²) in [5.41, 5.74) is 11.9. The van der Waals surface area contributed by atoms with Gasteiger partial charge in [-0.2, -0.15) is 0 Å². The highest BCUT2D eigenvalue weighted by Crippen LogP contribution is 2.47. The number of rotatable bonds is 6. The van der Waals surface area contributed by atoms with E-state index in [-0.39, 0.29) is 11.8 Å². The fourth-order valence-corrected chi connectivity index (χ4v) is 4.43. The van der Waals surface area contributed by atoms with E-state index >= 15 is 0 Å². The fourth-order valence-electron chi connectivity index (χ4n) is 4.43. The molecule has 1 aliphatic carbocycles. The van der Waals surface area contributed by atoms with Crippen LogP contribution < -0.4 is 16.0 Å². The third-order valence-corrected chi connectivity index (χ3v) is 6.36. The SMILES string of the molecule is CCN(C(=O)O)c1ccc2cc(C(=O)Nc3cc(-c4ccccc4)ccc3N)cnc2c1C1CC1. The predicted molar refractivity (Wildman–Crippen MR) is 139 cm³/mol. The number of fused-ring (bicyclic) bond motifs is 1. The number of aromatic nitrogens is 1. The minimum Gasteiger partial charge on any atom is -0.465 e. The monoisotopic (exact) mass is 466 g/mol. The van der Waals surface area contributed by atoms with Crippen molar-refractivity contribution >= 4 is 40.0 Å². The number of nitrogens with zero attached hydrogens (tertiary/aromatic N) is 2. The molecule has 1 fully saturated rings. The Balaban J connectivity index is 1.47. The number of hydrogen-bond acceptors (Lipinski definition) is 4. The molecule has 1 saturated carbocycles. The minimum atomic E-state index is -0.986. The molecule has 0 atom stereocenters. The van der Waals surface area contributed by atoms with Crippen LogP contribution in [-0.4, -0.2) is 28.6 Å². The van der Waals surface area contributed by atoms with E-state index in [1.165, 1.54) is 4.90 Å². The smallest absolute Gasteiger partial charge is 0.411 e. The number of carbonyl (C=O) groups is 2. The Hall–Kier alpha value is -4.39. The first kappa shape index (κ1) is 22.4. The maximum Gasteiger partial charge on any atom is 0.411 e. The molecule has 0 saturated heterocycles. The summed E-state index contributed by atoms with van der Waals surface area (Å²) in [4.78, 5) is 30.8. The number of nitrogen functional groups attached to an aromatic ring is 1. The molecule has 4 aromatic rings. The van der Waals surface area contributed by atoms with Gasteiger partial charge in [-0.25, -0.2) is 4.79 Å². The number of nitrogens with two attached hydrogens (primary N) is 1. The van der Waals surface area contributed by atoms with Crippen LogP contribution in [0, 0.1) is 0 Å². The minimum absolute atomic E-state index is 0.287. The van der Waals surface area contributed by atoms with Gasteiger partial charge in [-0.15, -0.1) is 0 Å². The van der Waals surface area contributed by atoms with E-state index in [0.29, 0.717) is 29.2 Å². The van der Waals surface area contributed by atoms with Crippen LogP contribution in [-0.2, 0) is 0 Å². The van der Waals surface area contributed by atoms with Crippen LogP contribution in [0.4, 0.5) is 21.9 Å². The van der Waals surface area contributed by atoms with Gasteiger partial charge in [0, 0.05) is 23.7 Å². The zero-order chi connectivity index (χ0) is 24.5. The summed E-state index contributed by atoms with van der Waals surface area (Å²) >= 11 is 0. The maximum atomic E-state index is 13.1. The molecule has 7 heteroatoms. The van der Waals surface area contributed by atoms with Crippen LogP contribution in [0.3, 0.4) is 0 Å². The molecule has 35 heavy (non-hydrogen) atoms. The number of amides is 2. The summed E-state index contributed by atoms with van der Waals surface area (Å²) in [6.45, 7) is 2.17. The van der Waals surface area contributed by atoms with Crippen LogP contribution in [0.25, 0.3) is 22.0 Å². The van der Waals surface area contributed by atoms with E-state index in [9.17, 15) is 14.7 Å². The number of benzene rings is 3. The Kier molecular flexibility index (Phi) is 5.82. The zero-order valence-electron chi connectivity index (χ0n) is 19.4. The Bertz CT molecular complexity index is 1430. The Labute approximate surface area is 203 Å². The van der Waals surface area contributed by atoms with Crippen LogP contribution in [0.15, 0.2) is 72.9 Å². The molecule has 7 nitrogen and oxygen atoms in total. The van der Waals surface area contributed by atoms with E-state index in [0.717, 1.165) is 40.4 Å². The second-order valence-electron chi connectivity index (χ2n) is 8.72. The molecule has 1 aromatic heterocycles. The quantitative estimate of drug-likeness (QED) is 0.297. The van der Waals surface area contributed by atoms with Gasteiger partial charge in [0.2, 0.25) is 0 Å². The Morgan fingerprint density at radius 2 is 1.83 bits per heavy atom. The van der Waals surface area contributed by atoms with Crippen molar-refractivity contribution < 1.29 is 14.7 Å². The molecular formula is C28H26N4O3. The molecule has 3 aromatic carbocycles. The molecule has 0 unspecified atom stereocenters. The van der Waals surface area contributed by atoms with Crippen LogP contribution in [0.5, 0.6) is 0 Å². The second-order valence-corrected chi connectivity index (χ2v) is 8.72. The van der Waals surface area contributed by atoms with Crippen molar-refractivity contribution in [3.63, 3.8) is 0 Å². The molecule has 2 amide bonds. The van der Waals surface area contributed by atoms with Gasteiger partial charge in [0.05, 0.1) is 28.1 Å². The van der Waals surface area contributed by atoms with E-state index in [4.69, 9.17) is 5.73 Å². The lowest BCUT2D eigenvalue weighted by Crippen LogP contribution is -2.29. The lowest BCUT2D eigenvalue weighted by molar-refractivity contribution is 0.102.